The molecule has 0 spiro atoms. The van der Waals surface area contributed by atoms with Gasteiger partial charge in [0.05, 0.1) is 5.56 Å². The van der Waals surface area contributed by atoms with Crippen LogP contribution in [0.2, 0.25) is 0 Å². The second-order valence-electron chi connectivity index (χ2n) is 7.53. The Kier molecular flexibility index (Phi) is 7.04. The molecule has 0 saturated carbocycles. The van der Waals surface area contributed by atoms with Gasteiger partial charge in [0.2, 0.25) is 0 Å². The molecule has 166 valence electrons. The van der Waals surface area contributed by atoms with Crippen molar-refractivity contribution >= 4 is 17.6 Å². The number of ether oxygens (including phenoxy) is 1. The third-order valence-electron chi connectivity index (χ3n) is 5.25. The fourth-order valence-corrected chi connectivity index (χ4v) is 4.46. The number of nitrogens with two attached hydrogens (primary N) is 1. The molecule has 0 unspecified atom stereocenters. The van der Waals surface area contributed by atoms with Gasteiger partial charge in [-0.2, -0.15) is 10.5 Å². The Morgan fingerprint density at radius 1 is 1.15 bits per heavy atom. The largest absolute Gasteiger partial charge is 0.492 e. The van der Waals surface area contributed by atoms with Crippen LogP contribution in [0.5, 0.6) is 5.75 Å². The van der Waals surface area contributed by atoms with Crippen LogP contribution in [-0.2, 0) is 5.75 Å². The van der Waals surface area contributed by atoms with Crippen LogP contribution in [0.25, 0.3) is 11.1 Å². The smallest absolute Gasteiger partial charge is 0.143 e. The molecule has 3 aromatic rings. The number of halogens is 1. The zero-order valence-corrected chi connectivity index (χ0v) is 18.6. The molecule has 0 atom stereocenters. The van der Waals surface area contributed by atoms with Gasteiger partial charge in [0.25, 0.3) is 0 Å². The van der Waals surface area contributed by atoms with Crippen molar-refractivity contribution in [3.8, 4) is 29.0 Å². The van der Waals surface area contributed by atoms with Crippen molar-refractivity contribution in [3.63, 3.8) is 0 Å². The Labute approximate surface area is 195 Å². The van der Waals surface area contributed by atoms with E-state index in [0.717, 1.165) is 5.56 Å². The van der Waals surface area contributed by atoms with Gasteiger partial charge >= 0.3 is 0 Å². The maximum atomic E-state index is 12.9. The van der Waals surface area contributed by atoms with Crippen LogP contribution >= 0.6 is 11.8 Å². The van der Waals surface area contributed by atoms with Gasteiger partial charge in [-0.25, -0.2) is 9.37 Å². The number of alkyl halides is 1. The van der Waals surface area contributed by atoms with Gasteiger partial charge in [-0.05, 0) is 29.3 Å². The molecule has 0 amide bonds. The van der Waals surface area contributed by atoms with Crippen LogP contribution in [0.3, 0.4) is 0 Å². The molecule has 1 aliphatic heterocycles. The number of benzene rings is 1. The molecule has 1 aliphatic rings. The molecular formula is C24H21FN6OS. The maximum Gasteiger partial charge on any atom is 0.143 e. The number of anilines is 1. The Bertz CT molecular complexity index is 1200. The summed E-state index contributed by atoms with van der Waals surface area (Å²) in [6, 6.07) is 15.2. The maximum absolute atomic E-state index is 12.9. The number of rotatable bonds is 8. The normalized spacial score (nSPS) is 13.7. The van der Waals surface area contributed by atoms with Gasteiger partial charge in [0.15, 0.2) is 0 Å². The number of hydrogen-bond donors (Lipinski definition) is 1. The van der Waals surface area contributed by atoms with E-state index in [1.807, 2.05) is 17.0 Å². The summed E-state index contributed by atoms with van der Waals surface area (Å²) in [5.41, 5.74) is 8.69. The first kappa shape index (κ1) is 22.5. The lowest BCUT2D eigenvalue weighted by molar-refractivity contribution is 0.0539. The van der Waals surface area contributed by atoms with E-state index in [-0.39, 0.29) is 11.4 Å². The molecule has 1 fully saturated rings. The standard InChI is InChI=1S/C24H21FN6OS/c25-18-13-31(14-18)8-9-32-19-5-3-17(4-6-19)22-20(10-26)23(28)30-24(21(22)11-27)33-15-16-2-1-7-29-12-16/h1-7,12,18H,8-9,13-15H2,(H2,28,30). The zero-order valence-electron chi connectivity index (χ0n) is 17.7. The summed E-state index contributed by atoms with van der Waals surface area (Å²) in [4.78, 5) is 10.4. The van der Waals surface area contributed by atoms with Gasteiger partial charge < -0.3 is 10.5 Å². The van der Waals surface area contributed by atoms with E-state index in [4.69, 9.17) is 10.5 Å². The van der Waals surface area contributed by atoms with E-state index in [1.165, 1.54) is 11.8 Å². The van der Waals surface area contributed by atoms with Crippen LogP contribution < -0.4 is 10.5 Å². The van der Waals surface area contributed by atoms with Crippen molar-refractivity contribution < 1.29 is 9.13 Å². The number of nitrogen functional groups attached to an aromatic ring is 1. The van der Waals surface area contributed by atoms with Gasteiger partial charge in [0.1, 0.15) is 47.1 Å². The van der Waals surface area contributed by atoms with E-state index in [0.29, 0.717) is 59.5 Å². The van der Waals surface area contributed by atoms with E-state index in [2.05, 4.69) is 22.1 Å². The highest BCUT2D eigenvalue weighted by Gasteiger charge is 2.25. The highest BCUT2D eigenvalue weighted by atomic mass is 32.2. The van der Waals surface area contributed by atoms with Gasteiger partial charge in [-0.15, -0.1) is 11.8 Å². The second kappa shape index (κ2) is 10.3. The molecule has 7 nitrogen and oxygen atoms in total. The Hall–Kier alpha value is -3.66. The topological polar surface area (TPSA) is 112 Å². The molecule has 2 N–H and O–H groups in total. The third-order valence-corrected chi connectivity index (χ3v) is 6.29. The highest BCUT2D eigenvalue weighted by molar-refractivity contribution is 7.98. The summed E-state index contributed by atoms with van der Waals surface area (Å²) in [6.07, 6.45) is 2.72. The lowest BCUT2D eigenvalue weighted by atomic mass is 9.97. The van der Waals surface area contributed by atoms with Gasteiger partial charge in [0, 0.05) is 43.3 Å². The minimum absolute atomic E-state index is 0.0845. The minimum atomic E-state index is -0.729. The van der Waals surface area contributed by atoms with E-state index >= 15 is 0 Å². The molecular weight excluding hydrogens is 439 g/mol. The first-order valence-electron chi connectivity index (χ1n) is 10.3. The lowest BCUT2D eigenvalue weighted by Crippen LogP contribution is -2.49. The fourth-order valence-electron chi connectivity index (χ4n) is 3.53. The van der Waals surface area contributed by atoms with Crippen LogP contribution in [0.4, 0.5) is 10.2 Å². The quantitative estimate of drug-likeness (QED) is 0.505. The number of nitrogens with zero attached hydrogens (tertiary/aromatic N) is 5. The number of aromatic nitrogens is 2. The SMILES string of the molecule is N#Cc1c(N)nc(SCc2cccnc2)c(C#N)c1-c1ccc(OCCN2CC(F)C2)cc1. The molecule has 3 heterocycles. The fraction of sp³-hybridized carbons (Fsp3) is 0.250. The number of nitriles is 2. The lowest BCUT2D eigenvalue weighted by Gasteiger charge is -2.33. The van der Waals surface area contributed by atoms with Crippen molar-refractivity contribution in [2.24, 2.45) is 0 Å². The van der Waals surface area contributed by atoms with Crippen molar-refractivity contribution in [1.82, 2.24) is 14.9 Å². The molecule has 9 heteroatoms. The van der Waals surface area contributed by atoms with Crippen molar-refractivity contribution in [3.05, 3.63) is 65.5 Å². The third kappa shape index (κ3) is 5.23. The number of likely N-dealkylation sites (tertiary alicyclic amines) is 1. The molecule has 0 bridgehead atoms. The number of pyridine rings is 2. The summed E-state index contributed by atoms with van der Waals surface area (Å²) < 4.78 is 18.6. The van der Waals surface area contributed by atoms with Gasteiger partial charge in [-0.3, -0.25) is 9.88 Å². The predicted octanol–water partition coefficient (Wildman–Crippen LogP) is 3.79. The minimum Gasteiger partial charge on any atom is -0.492 e. The average molecular weight is 461 g/mol. The van der Waals surface area contributed by atoms with Crippen LogP contribution in [0.15, 0.2) is 53.8 Å². The van der Waals surface area contributed by atoms with Crippen molar-refractivity contribution in [2.45, 2.75) is 17.0 Å². The average Bonchev–Trinajstić information content (AvgIpc) is 2.82. The molecule has 0 radical (unpaired) electrons. The summed E-state index contributed by atoms with van der Waals surface area (Å²) >= 11 is 1.37. The van der Waals surface area contributed by atoms with E-state index < -0.39 is 6.17 Å². The molecule has 0 aliphatic carbocycles. The summed E-state index contributed by atoms with van der Waals surface area (Å²) in [5, 5.41) is 20.1. The molecule has 1 saturated heterocycles. The zero-order chi connectivity index (χ0) is 23.2. The predicted molar refractivity (Wildman–Crippen MR) is 124 cm³/mol. The summed E-state index contributed by atoms with van der Waals surface area (Å²) in [5.74, 6) is 1.30. The first-order valence-corrected chi connectivity index (χ1v) is 11.3. The number of thioether (sulfide) groups is 1. The summed E-state index contributed by atoms with van der Waals surface area (Å²) in [6.45, 7) is 2.04. The highest BCUT2D eigenvalue weighted by Crippen LogP contribution is 2.37. The number of hydrogen-bond acceptors (Lipinski definition) is 8. The van der Waals surface area contributed by atoms with Crippen LogP contribution in [0, 0.1) is 22.7 Å². The Morgan fingerprint density at radius 2 is 1.91 bits per heavy atom. The molecule has 2 aromatic heterocycles. The first-order chi connectivity index (χ1) is 16.1. The van der Waals surface area contributed by atoms with E-state index in [1.54, 1.807) is 36.7 Å². The van der Waals surface area contributed by atoms with Crippen LogP contribution in [-0.4, -0.2) is 47.3 Å². The molecule has 1 aromatic carbocycles. The van der Waals surface area contributed by atoms with Crippen molar-refractivity contribution in [2.75, 3.05) is 32.0 Å². The monoisotopic (exact) mass is 460 g/mol. The Balaban J connectivity index is 1.55. The van der Waals surface area contributed by atoms with Crippen molar-refractivity contribution in [1.29, 1.82) is 10.5 Å². The second-order valence-corrected chi connectivity index (χ2v) is 8.49. The molecule has 4 rings (SSSR count). The summed E-state index contributed by atoms with van der Waals surface area (Å²) in [7, 11) is 0. The van der Waals surface area contributed by atoms with Crippen LogP contribution in [0.1, 0.15) is 16.7 Å². The van der Waals surface area contributed by atoms with E-state index in [9.17, 15) is 14.9 Å². The Morgan fingerprint density at radius 3 is 2.55 bits per heavy atom. The van der Waals surface area contributed by atoms with Gasteiger partial charge in [-0.1, -0.05) is 18.2 Å². The molecule has 33 heavy (non-hydrogen) atoms.